The lowest BCUT2D eigenvalue weighted by atomic mass is 10.1. The summed E-state index contributed by atoms with van der Waals surface area (Å²) < 4.78 is 45.9. The Labute approximate surface area is 121 Å². The summed E-state index contributed by atoms with van der Waals surface area (Å²) in [7, 11) is 0. The van der Waals surface area contributed by atoms with Crippen LogP contribution in [0.25, 0.3) is 0 Å². The van der Waals surface area contributed by atoms with Gasteiger partial charge in [-0.2, -0.15) is 13.2 Å². The van der Waals surface area contributed by atoms with E-state index in [4.69, 9.17) is 16.3 Å². The maximum absolute atomic E-state index is 11.9. The molecule has 0 heterocycles. The minimum Gasteiger partial charge on any atom is -0.494 e. The second-order valence-electron chi connectivity index (χ2n) is 4.40. The molecule has 0 aliphatic heterocycles. The van der Waals surface area contributed by atoms with Crippen molar-refractivity contribution in [1.82, 2.24) is 0 Å². The lowest BCUT2D eigenvalue weighted by Gasteiger charge is -2.16. The molecule has 1 atom stereocenters. The van der Waals surface area contributed by atoms with Gasteiger partial charge in [0.05, 0.1) is 12.0 Å². The number of ether oxygens (including phenoxy) is 2. The van der Waals surface area contributed by atoms with E-state index in [1.54, 1.807) is 0 Å². The van der Waals surface area contributed by atoms with Gasteiger partial charge in [0.15, 0.2) is 0 Å². The molecule has 114 valence electrons. The Hall–Kier alpha value is -0.940. The van der Waals surface area contributed by atoms with Gasteiger partial charge >= 0.3 is 6.18 Å². The SMILES string of the molecule is CCOc1ccc(C)cc1C(Cl)CCOCC(F)(F)F. The predicted molar refractivity (Wildman–Crippen MR) is 72.4 cm³/mol. The Bertz CT molecular complexity index is 421. The molecule has 0 aromatic heterocycles. The van der Waals surface area contributed by atoms with Crippen LogP contribution in [0.3, 0.4) is 0 Å². The van der Waals surface area contributed by atoms with Crippen molar-refractivity contribution in [2.45, 2.75) is 31.8 Å². The summed E-state index contributed by atoms with van der Waals surface area (Å²) >= 11 is 6.23. The van der Waals surface area contributed by atoms with Gasteiger partial charge in [-0.15, -0.1) is 11.6 Å². The van der Waals surface area contributed by atoms with Crippen LogP contribution in [0.15, 0.2) is 18.2 Å². The highest BCUT2D eigenvalue weighted by Crippen LogP contribution is 2.33. The van der Waals surface area contributed by atoms with E-state index >= 15 is 0 Å². The molecule has 20 heavy (non-hydrogen) atoms. The minimum atomic E-state index is -4.30. The van der Waals surface area contributed by atoms with Crippen molar-refractivity contribution in [2.75, 3.05) is 19.8 Å². The molecule has 0 radical (unpaired) electrons. The second-order valence-corrected chi connectivity index (χ2v) is 4.93. The summed E-state index contributed by atoms with van der Waals surface area (Å²) in [5.41, 5.74) is 1.80. The topological polar surface area (TPSA) is 18.5 Å². The molecule has 6 heteroatoms. The molecule has 0 aliphatic carbocycles. The Morgan fingerprint density at radius 1 is 1.30 bits per heavy atom. The summed E-state index contributed by atoms with van der Waals surface area (Å²) in [5.74, 6) is 0.661. The molecule has 0 N–H and O–H groups in total. The molecule has 0 saturated carbocycles. The van der Waals surface area contributed by atoms with Crippen LogP contribution in [-0.2, 0) is 4.74 Å². The molecule has 0 amide bonds. The van der Waals surface area contributed by atoms with Crippen LogP contribution >= 0.6 is 11.6 Å². The van der Waals surface area contributed by atoms with Crippen LogP contribution in [0.4, 0.5) is 13.2 Å². The Kier molecular flexibility index (Phi) is 6.62. The van der Waals surface area contributed by atoms with Gasteiger partial charge in [0, 0.05) is 12.2 Å². The number of hydrogen-bond donors (Lipinski definition) is 0. The average molecular weight is 311 g/mol. The van der Waals surface area contributed by atoms with Crippen LogP contribution in [0.2, 0.25) is 0 Å². The molecule has 1 aromatic rings. The second kappa shape index (κ2) is 7.74. The zero-order valence-corrected chi connectivity index (χ0v) is 12.2. The van der Waals surface area contributed by atoms with Crippen molar-refractivity contribution in [3.63, 3.8) is 0 Å². The summed E-state index contributed by atoms with van der Waals surface area (Å²) in [6, 6.07) is 5.60. The van der Waals surface area contributed by atoms with E-state index in [0.29, 0.717) is 18.8 Å². The molecule has 0 spiro atoms. The average Bonchev–Trinajstić information content (AvgIpc) is 2.35. The standard InChI is InChI=1S/C14H18ClF3O2/c1-3-20-13-5-4-10(2)8-11(13)12(15)6-7-19-9-14(16,17)18/h4-5,8,12H,3,6-7,9H2,1-2H3. The molecule has 1 rings (SSSR count). The molecule has 2 nitrogen and oxygen atoms in total. The van der Waals surface area contributed by atoms with Gasteiger partial charge in [0.1, 0.15) is 12.4 Å². The maximum atomic E-state index is 11.9. The van der Waals surface area contributed by atoms with E-state index in [0.717, 1.165) is 11.1 Å². The van der Waals surface area contributed by atoms with Gasteiger partial charge in [-0.25, -0.2) is 0 Å². The zero-order valence-electron chi connectivity index (χ0n) is 11.5. The minimum absolute atomic E-state index is 0.0484. The highest BCUT2D eigenvalue weighted by atomic mass is 35.5. The number of aryl methyl sites for hydroxylation is 1. The molecular weight excluding hydrogens is 293 g/mol. The van der Waals surface area contributed by atoms with Crippen LogP contribution in [0, 0.1) is 6.92 Å². The molecule has 0 fully saturated rings. The zero-order chi connectivity index (χ0) is 15.2. The van der Waals surface area contributed by atoms with Gasteiger partial charge in [-0.1, -0.05) is 17.7 Å². The normalized spacial score (nSPS) is 13.3. The van der Waals surface area contributed by atoms with Crippen LogP contribution < -0.4 is 4.74 Å². The Balaban J connectivity index is 2.58. The van der Waals surface area contributed by atoms with E-state index in [1.807, 2.05) is 32.0 Å². The van der Waals surface area contributed by atoms with Crippen molar-refractivity contribution < 1.29 is 22.6 Å². The third-order valence-electron chi connectivity index (χ3n) is 2.58. The third kappa shape index (κ3) is 6.01. The van der Waals surface area contributed by atoms with Crippen molar-refractivity contribution >= 4 is 11.6 Å². The van der Waals surface area contributed by atoms with Crippen LogP contribution in [-0.4, -0.2) is 26.0 Å². The van der Waals surface area contributed by atoms with E-state index < -0.39 is 18.2 Å². The number of alkyl halides is 4. The van der Waals surface area contributed by atoms with Gasteiger partial charge in [0.25, 0.3) is 0 Å². The largest absolute Gasteiger partial charge is 0.494 e. The number of benzene rings is 1. The first-order valence-electron chi connectivity index (χ1n) is 6.35. The van der Waals surface area contributed by atoms with E-state index in [-0.39, 0.29) is 6.61 Å². The first-order chi connectivity index (χ1) is 9.33. The first kappa shape index (κ1) is 17.1. The van der Waals surface area contributed by atoms with Crippen molar-refractivity contribution in [1.29, 1.82) is 0 Å². The molecule has 0 aliphatic rings. The molecule has 0 bridgehead atoms. The fourth-order valence-corrected chi connectivity index (χ4v) is 1.99. The Morgan fingerprint density at radius 3 is 2.60 bits per heavy atom. The van der Waals surface area contributed by atoms with Crippen molar-refractivity contribution in [2.24, 2.45) is 0 Å². The highest BCUT2D eigenvalue weighted by Gasteiger charge is 2.27. The van der Waals surface area contributed by atoms with Gasteiger partial charge in [0.2, 0.25) is 0 Å². The van der Waals surface area contributed by atoms with E-state index in [1.165, 1.54) is 0 Å². The van der Waals surface area contributed by atoms with Gasteiger partial charge < -0.3 is 9.47 Å². The van der Waals surface area contributed by atoms with E-state index in [9.17, 15) is 13.2 Å². The third-order valence-corrected chi connectivity index (χ3v) is 3.04. The van der Waals surface area contributed by atoms with Crippen LogP contribution in [0.1, 0.15) is 29.8 Å². The monoisotopic (exact) mass is 310 g/mol. The fraction of sp³-hybridized carbons (Fsp3) is 0.571. The smallest absolute Gasteiger partial charge is 0.411 e. The van der Waals surface area contributed by atoms with Crippen LogP contribution in [0.5, 0.6) is 5.75 Å². The van der Waals surface area contributed by atoms with Crippen molar-refractivity contribution in [3.8, 4) is 5.75 Å². The fourth-order valence-electron chi connectivity index (χ4n) is 1.73. The highest BCUT2D eigenvalue weighted by molar-refractivity contribution is 6.21. The van der Waals surface area contributed by atoms with Crippen molar-refractivity contribution in [3.05, 3.63) is 29.3 Å². The molecule has 1 aromatic carbocycles. The van der Waals surface area contributed by atoms with Gasteiger partial charge in [-0.05, 0) is 26.3 Å². The predicted octanol–water partition coefficient (Wildman–Crippen LogP) is 4.64. The molecular formula is C14H18ClF3O2. The summed E-state index contributed by atoms with van der Waals surface area (Å²) in [4.78, 5) is 0. The summed E-state index contributed by atoms with van der Waals surface area (Å²) in [6.07, 6.45) is -4.01. The lowest BCUT2D eigenvalue weighted by molar-refractivity contribution is -0.174. The molecule has 1 unspecified atom stereocenters. The summed E-state index contributed by atoms with van der Waals surface area (Å²) in [6.45, 7) is 2.99. The van der Waals surface area contributed by atoms with Gasteiger partial charge in [-0.3, -0.25) is 0 Å². The number of halogens is 4. The number of hydrogen-bond acceptors (Lipinski definition) is 2. The summed E-state index contributed by atoms with van der Waals surface area (Å²) in [5, 5.41) is -0.440. The molecule has 0 saturated heterocycles. The number of rotatable bonds is 7. The maximum Gasteiger partial charge on any atom is 0.411 e. The van der Waals surface area contributed by atoms with E-state index in [2.05, 4.69) is 4.74 Å². The lowest BCUT2D eigenvalue weighted by Crippen LogP contribution is -2.17. The quantitative estimate of drug-likeness (QED) is 0.539. The first-order valence-corrected chi connectivity index (χ1v) is 6.79. The Morgan fingerprint density at radius 2 is 2.00 bits per heavy atom.